The first-order valence-corrected chi connectivity index (χ1v) is 6.23. The minimum Gasteiger partial charge on any atom is -0.507 e. The fourth-order valence-corrected chi connectivity index (χ4v) is 2.40. The van der Waals surface area contributed by atoms with Crippen LogP contribution in [0.5, 0.6) is 5.75 Å². The molecule has 1 aliphatic rings. The Labute approximate surface area is 134 Å². The summed E-state index contributed by atoms with van der Waals surface area (Å²) in [4.78, 5) is 1.51. The number of nitrogens with one attached hydrogen (secondary N) is 1. The van der Waals surface area contributed by atoms with Crippen molar-refractivity contribution in [1.82, 2.24) is 10.2 Å². The number of phenolic OH excluding ortho intramolecular Hbond substituents is 1. The molecular formula is C13H19Cl2F3N2O. The number of rotatable bonds is 3. The van der Waals surface area contributed by atoms with Gasteiger partial charge in [-0.05, 0) is 18.6 Å². The van der Waals surface area contributed by atoms with Crippen LogP contribution in [0.25, 0.3) is 0 Å². The Balaban J connectivity index is 0.00000200. The van der Waals surface area contributed by atoms with Gasteiger partial charge >= 0.3 is 0 Å². The molecule has 0 aliphatic carbocycles. The van der Waals surface area contributed by atoms with Gasteiger partial charge < -0.3 is 10.4 Å². The van der Waals surface area contributed by atoms with Gasteiger partial charge in [0.15, 0.2) is 0 Å². The summed E-state index contributed by atoms with van der Waals surface area (Å²) in [6, 6.07) is 1.11. The van der Waals surface area contributed by atoms with Gasteiger partial charge in [0.1, 0.15) is 17.6 Å². The number of alkyl halides is 2. The van der Waals surface area contributed by atoms with Crippen LogP contribution < -0.4 is 5.32 Å². The average molecular weight is 347 g/mol. The summed E-state index contributed by atoms with van der Waals surface area (Å²) >= 11 is 0. The van der Waals surface area contributed by atoms with E-state index in [1.807, 2.05) is 0 Å². The fourth-order valence-electron chi connectivity index (χ4n) is 2.40. The Morgan fingerprint density at radius 1 is 1.19 bits per heavy atom. The summed E-state index contributed by atoms with van der Waals surface area (Å²) in [6.07, 6.45) is -2.75. The van der Waals surface area contributed by atoms with Crippen LogP contribution in [0.15, 0.2) is 12.1 Å². The average Bonchev–Trinajstić information content (AvgIpc) is 2.39. The number of nitrogens with zero attached hydrogens (tertiary/aromatic N) is 1. The van der Waals surface area contributed by atoms with Crippen molar-refractivity contribution >= 4 is 24.8 Å². The van der Waals surface area contributed by atoms with Crippen molar-refractivity contribution in [1.29, 1.82) is 0 Å². The van der Waals surface area contributed by atoms with Gasteiger partial charge in [-0.25, -0.2) is 13.2 Å². The molecule has 1 aliphatic heterocycles. The van der Waals surface area contributed by atoms with Crippen LogP contribution >= 0.6 is 24.8 Å². The van der Waals surface area contributed by atoms with Crippen molar-refractivity contribution in [3.63, 3.8) is 0 Å². The number of hydrogen-bond acceptors (Lipinski definition) is 3. The molecule has 21 heavy (non-hydrogen) atoms. The van der Waals surface area contributed by atoms with Crippen molar-refractivity contribution in [3.05, 3.63) is 29.1 Å². The summed E-state index contributed by atoms with van der Waals surface area (Å²) < 4.78 is 40.5. The quantitative estimate of drug-likeness (QED) is 0.883. The molecule has 0 amide bonds. The number of benzene rings is 1. The Bertz CT molecular complexity index is 457. The first-order valence-electron chi connectivity index (χ1n) is 6.23. The number of aryl methyl sites for hydroxylation is 1. The third-order valence-electron chi connectivity index (χ3n) is 3.45. The molecule has 0 saturated carbocycles. The minimum atomic E-state index is -2.75. The lowest BCUT2D eigenvalue weighted by molar-refractivity contribution is 0.0151. The fraction of sp³-hybridized carbons (Fsp3) is 0.538. The van der Waals surface area contributed by atoms with Crippen molar-refractivity contribution in [3.8, 4) is 5.75 Å². The van der Waals surface area contributed by atoms with E-state index in [-0.39, 0.29) is 36.1 Å². The molecule has 0 aromatic heterocycles. The highest BCUT2D eigenvalue weighted by molar-refractivity contribution is 5.85. The Morgan fingerprint density at radius 2 is 1.76 bits per heavy atom. The van der Waals surface area contributed by atoms with Gasteiger partial charge in [0, 0.05) is 26.2 Å². The van der Waals surface area contributed by atoms with Gasteiger partial charge in [0.2, 0.25) is 0 Å². The van der Waals surface area contributed by atoms with Crippen molar-refractivity contribution in [2.45, 2.75) is 19.4 Å². The topological polar surface area (TPSA) is 35.5 Å². The normalized spacial score (nSPS) is 17.0. The van der Waals surface area contributed by atoms with Crippen LogP contribution in [-0.4, -0.2) is 42.6 Å². The molecule has 1 atom stereocenters. The van der Waals surface area contributed by atoms with Gasteiger partial charge in [-0.2, -0.15) is 0 Å². The van der Waals surface area contributed by atoms with Crippen LogP contribution in [0.1, 0.15) is 17.2 Å². The van der Waals surface area contributed by atoms with Crippen LogP contribution in [-0.2, 0) is 0 Å². The zero-order valence-electron chi connectivity index (χ0n) is 11.5. The second kappa shape index (κ2) is 8.68. The highest BCUT2D eigenvalue weighted by Gasteiger charge is 2.34. The first kappa shape index (κ1) is 20.3. The van der Waals surface area contributed by atoms with E-state index in [1.165, 1.54) is 11.0 Å². The molecule has 8 heteroatoms. The second-order valence-electron chi connectivity index (χ2n) is 4.69. The van der Waals surface area contributed by atoms with Gasteiger partial charge in [-0.3, -0.25) is 4.90 Å². The van der Waals surface area contributed by atoms with Gasteiger partial charge in [0.05, 0.1) is 5.56 Å². The highest BCUT2D eigenvalue weighted by Crippen LogP contribution is 2.37. The summed E-state index contributed by atoms with van der Waals surface area (Å²) in [6.45, 7) is 3.54. The lowest BCUT2D eigenvalue weighted by Crippen LogP contribution is -2.47. The highest BCUT2D eigenvalue weighted by atomic mass is 35.5. The third-order valence-corrected chi connectivity index (χ3v) is 3.45. The van der Waals surface area contributed by atoms with E-state index in [1.54, 1.807) is 6.92 Å². The van der Waals surface area contributed by atoms with Crippen molar-refractivity contribution < 1.29 is 18.3 Å². The van der Waals surface area contributed by atoms with Crippen LogP contribution in [0.4, 0.5) is 13.2 Å². The largest absolute Gasteiger partial charge is 0.507 e. The maximum Gasteiger partial charge on any atom is 0.258 e. The molecule has 0 spiro atoms. The molecule has 3 nitrogen and oxygen atoms in total. The van der Waals surface area contributed by atoms with E-state index in [9.17, 15) is 18.3 Å². The molecule has 1 heterocycles. The summed E-state index contributed by atoms with van der Waals surface area (Å²) in [5.41, 5.74) is 0.106. The lowest BCUT2D eigenvalue weighted by Gasteiger charge is -2.35. The van der Waals surface area contributed by atoms with Crippen LogP contribution in [0.2, 0.25) is 0 Å². The number of hydrogen-bond donors (Lipinski definition) is 2. The standard InChI is InChI=1S/C13H17F3N2O.2ClH/c1-8-2-3-9(14)10(12(8)19)11(13(15)16)18-6-4-17-5-7-18;;/h2-3,11,13,17,19H,4-7H2,1H3;2*1H/t11-;;/m0../s1. The molecule has 1 aromatic rings. The van der Waals surface area contributed by atoms with Gasteiger partial charge in [-0.15, -0.1) is 24.8 Å². The predicted molar refractivity (Wildman–Crippen MR) is 80.5 cm³/mol. The number of aromatic hydroxyl groups is 1. The van der Waals surface area contributed by atoms with Crippen LogP contribution in [0.3, 0.4) is 0 Å². The summed E-state index contributed by atoms with van der Waals surface area (Å²) in [7, 11) is 0. The van der Waals surface area contributed by atoms with Crippen LogP contribution in [0, 0.1) is 12.7 Å². The maximum absolute atomic E-state index is 13.9. The predicted octanol–water partition coefficient (Wildman–Crippen LogP) is 2.89. The zero-order chi connectivity index (χ0) is 14.0. The Morgan fingerprint density at radius 3 is 2.29 bits per heavy atom. The monoisotopic (exact) mass is 346 g/mol. The molecule has 1 aromatic carbocycles. The van der Waals surface area contributed by atoms with E-state index < -0.39 is 18.3 Å². The van der Waals surface area contributed by atoms with E-state index >= 15 is 0 Å². The molecule has 2 N–H and O–H groups in total. The summed E-state index contributed by atoms with van der Waals surface area (Å²) in [5.74, 6) is -1.16. The second-order valence-corrected chi connectivity index (χ2v) is 4.69. The molecular weight excluding hydrogens is 328 g/mol. The molecule has 122 valence electrons. The first-order chi connectivity index (χ1) is 9.02. The Kier molecular flexibility index (Phi) is 8.39. The van der Waals surface area contributed by atoms with E-state index in [2.05, 4.69) is 5.32 Å². The zero-order valence-corrected chi connectivity index (χ0v) is 13.1. The summed E-state index contributed by atoms with van der Waals surface area (Å²) in [5, 5.41) is 13.0. The molecule has 1 saturated heterocycles. The van der Waals surface area contributed by atoms with E-state index in [0.717, 1.165) is 6.07 Å². The number of phenols is 1. The third kappa shape index (κ3) is 4.39. The minimum absolute atomic E-state index is 0. The number of halogens is 5. The van der Waals surface area contributed by atoms with E-state index in [4.69, 9.17) is 0 Å². The van der Waals surface area contributed by atoms with Gasteiger partial charge in [0.25, 0.3) is 6.43 Å². The molecule has 0 bridgehead atoms. The SMILES string of the molecule is Cc1ccc(F)c([C@@H](C(F)F)N2CCNCC2)c1O.Cl.Cl. The molecule has 0 radical (unpaired) electrons. The van der Waals surface area contributed by atoms with Crippen molar-refractivity contribution in [2.75, 3.05) is 26.2 Å². The van der Waals surface area contributed by atoms with Crippen molar-refractivity contribution in [2.24, 2.45) is 0 Å². The molecule has 1 fully saturated rings. The molecule has 2 rings (SSSR count). The smallest absolute Gasteiger partial charge is 0.258 e. The lowest BCUT2D eigenvalue weighted by atomic mass is 10.00. The molecule has 0 unspecified atom stereocenters. The van der Waals surface area contributed by atoms with E-state index in [0.29, 0.717) is 31.7 Å². The van der Waals surface area contributed by atoms with Gasteiger partial charge in [-0.1, -0.05) is 6.07 Å². The maximum atomic E-state index is 13.9. The Hall–Kier alpha value is -0.690. The number of piperazine rings is 1.